The SMILES string of the molecule is CN(c1cc(C#N)ccc1[N+](=O)[O-])C1CCC(=O)CC1. The molecule has 1 aromatic carbocycles. The zero-order valence-electron chi connectivity index (χ0n) is 11.2. The summed E-state index contributed by atoms with van der Waals surface area (Å²) in [5.74, 6) is 0.245. The summed E-state index contributed by atoms with van der Waals surface area (Å²) in [6.45, 7) is 0. The molecule has 1 fully saturated rings. The third-order valence-corrected chi connectivity index (χ3v) is 3.74. The zero-order chi connectivity index (χ0) is 14.7. The lowest BCUT2D eigenvalue weighted by Gasteiger charge is -2.32. The Kier molecular flexibility index (Phi) is 3.99. The van der Waals surface area contributed by atoms with Crippen LogP contribution in [0.5, 0.6) is 0 Å². The molecule has 1 aromatic rings. The summed E-state index contributed by atoms with van der Waals surface area (Å²) in [4.78, 5) is 23.8. The Bertz CT molecular complexity index is 582. The number of nitro benzene ring substituents is 1. The third-order valence-electron chi connectivity index (χ3n) is 3.74. The molecule has 0 radical (unpaired) electrons. The molecule has 2 rings (SSSR count). The Balaban J connectivity index is 2.32. The van der Waals surface area contributed by atoms with E-state index in [9.17, 15) is 14.9 Å². The normalized spacial score (nSPS) is 15.7. The van der Waals surface area contributed by atoms with E-state index in [4.69, 9.17) is 5.26 Å². The monoisotopic (exact) mass is 273 g/mol. The molecule has 0 amide bonds. The Labute approximate surface area is 116 Å². The number of carbonyl (C=O) groups is 1. The summed E-state index contributed by atoms with van der Waals surface area (Å²) in [6, 6.07) is 6.43. The minimum Gasteiger partial charge on any atom is -0.366 e. The first-order valence-electron chi connectivity index (χ1n) is 6.46. The molecule has 6 heteroatoms. The predicted octanol–water partition coefficient (Wildman–Crippen LogP) is 2.41. The fraction of sp³-hybridized carbons (Fsp3) is 0.429. The van der Waals surface area contributed by atoms with E-state index in [1.807, 2.05) is 11.0 Å². The molecule has 6 nitrogen and oxygen atoms in total. The number of ketones is 1. The van der Waals surface area contributed by atoms with E-state index in [1.165, 1.54) is 18.2 Å². The maximum Gasteiger partial charge on any atom is 0.292 e. The second kappa shape index (κ2) is 5.70. The molecule has 0 unspecified atom stereocenters. The first-order chi connectivity index (χ1) is 9.52. The van der Waals surface area contributed by atoms with Crippen LogP contribution in [0.1, 0.15) is 31.2 Å². The maximum atomic E-state index is 11.3. The van der Waals surface area contributed by atoms with Gasteiger partial charge in [0.15, 0.2) is 0 Å². The van der Waals surface area contributed by atoms with Crippen molar-refractivity contribution >= 4 is 17.2 Å². The summed E-state index contributed by atoms with van der Waals surface area (Å²) in [6.07, 6.45) is 2.42. The Hall–Kier alpha value is -2.42. The van der Waals surface area contributed by atoms with Gasteiger partial charge >= 0.3 is 0 Å². The van der Waals surface area contributed by atoms with Gasteiger partial charge < -0.3 is 4.90 Å². The van der Waals surface area contributed by atoms with Crippen LogP contribution in [0.2, 0.25) is 0 Å². The van der Waals surface area contributed by atoms with Crippen LogP contribution >= 0.6 is 0 Å². The fourth-order valence-corrected chi connectivity index (χ4v) is 2.54. The minimum atomic E-state index is -0.443. The molecule has 1 aliphatic rings. The van der Waals surface area contributed by atoms with E-state index < -0.39 is 4.92 Å². The van der Waals surface area contributed by atoms with Crippen LogP contribution in [0.15, 0.2) is 18.2 Å². The number of benzene rings is 1. The van der Waals surface area contributed by atoms with E-state index >= 15 is 0 Å². The summed E-state index contributed by atoms with van der Waals surface area (Å²) in [5, 5.41) is 20.0. The summed E-state index contributed by atoms with van der Waals surface area (Å²) < 4.78 is 0. The van der Waals surface area contributed by atoms with Crippen molar-refractivity contribution in [2.24, 2.45) is 0 Å². The highest BCUT2D eigenvalue weighted by Gasteiger charge is 2.26. The highest BCUT2D eigenvalue weighted by Crippen LogP contribution is 2.32. The third kappa shape index (κ3) is 2.77. The summed E-state index contributed by atoms with van der Waals surface area (Å²) in [5.41, 5.74) is 0.820. The first kappa shape index (κ1) is 14.0. The first-order valence-corrected chi connectivity index (χ1v) is 6.46. The Morgan fingerprint density at radius 2 is 2.05 bits per heavy atom. The molecule has 1 aliphatic carbocycles. The highest BCUT2D eigenvalue weighted by molar-refractivity contribution is 5.79. The standard InChI is InChI=1S/C14H15N3O3/c1-16(11-3-5-12(18)6-4-11)14-8-10(9-15)2-7-13(14)17(19)20/h2,7-8,11H,3-6H2,1H3. The van der Waals surface area contributed by atoms with Gasteiger partial charge in [-0.1, -0.05) is 0 Å². The number of nitro groups is 1. The number of rotatable bonds is 3. The minimum absolute atomic E-state index is 0.0107. The van der Waals surface area contributed by atoms with E-state index in [-0.39, 0.29) is 17.5 Å². The van der Waals surface area contributed by atoms with E-state index in [1.54, 1.807) is 7.05 Å². The molecule has 0 saturated heterocycles. The van der Waals surface area contributed by atoms with Gasteiger partial charge in [0.1, 0.15) is 11.5 Å². The van der Waals surface area contributed by atoms with Crippen LogP contribution in [0.4, 0.5) is 11.4 Å². The van der Waals surface area contributed by atoms with Crippen molar-refractivity contribution in [3.8, 4) is 6.07 Å². The molecule has 0 atom stereocenters. The second-order valence-electron chi connectivity index (χ2n) is 4.95. The number of anilines is 1. The van der Waals surface area contributed by atoms with Crippen molar-refractivity contribution in [3.05, 3.63) is 33.9 Å². The van der Waals surface area contributed by atoms with Crippen LogP contribution in [-0.4, -0.2) is 23.8 Å². The summed E-state index contributed by atoms with van der Waals surface area (Å²) in [7, 11) is 1.78. The van der Waals surface area contributed by atoms with Gasteiger partial charge in [0, 0.05) is 32.0 Å². The molecule has 104 valence electrons. The molecular weight excluding hydrogens is 258 g/mol. The van der Waals surface area contributed by atoms with Crippen LogP contribution in [0, 0.1) is 21.4 Å². The lowest BCUT2D eigenvalue weighted by atomic mass is 9.93. The topological polar surface area (TPSA) is 87.2 Å². The van der Waals surface area contributed by atoms with Gasteiger partial charge in [-0.05, 0) is 25.0 Å². The molecule has 0 N–H and O–H groups in total. The van der Waals surface area contributed by atoms with Gasteiger partial charge in [-0.25, -0.2) is 0 Å². The second-order valence-corrected chi connectivity index (χ2v) is 4.95. The lowest BCUT2D eigenvalue weighted by molar-refractivity contribution is -0.384. The number of hydrogen-bond donors (Lipinski definition) is 0. The lowest BCUT2D eigenvalue weighted by Crippen LogP contribution is -2.35. The van der Waals surface area contributed by atoms with Crippen molar-refractivity contribution in [3.63, 3.8) is 0 Å². The van der Waals surface area contributed by atoms with Gasteiger partial charge in [0.05, 0.1) is 16.6 Å². The Morgan fingerprint density at radius 3 is 2.60 bits per heavy atom. The molecule has 0 aliphatic heterocycles. The number of nitrogens with zero attached hydrogens (tertiary/aromatic N) is 3. The van der Waals surface area contributed by atoms with Crippen molar-refractivity contribution < 1.29 is 9.72 Å². The predicted molar refractivity (Wildman–Crippen MR) is 73.5 cm³/mol. The number of carbonyl (C=O) groups excluding carboxylic acids is 1. The van der Waals surface area contributed by atoms with Gasteiger partial charge in [0.25, 0.3) is 5.69 Å². The van der Waals surface area contributed by atoms with Gasteiger partial charge in [-0.3, -0.25) is 14.9 Å². The molecular formula is C14H15N3O3. The van der Waals surface area contributed by atoms with Gasteiger partial charge in [-0.15, -0.1) is 0 Å². The highest BCUT2D eigenvalue weighted by atomic mass is 16.6. The van der Waals surface area contributed by atoms with Gasteiger partial charge in [-0.2, -0.15) is 5.26 Å². The van der Waals surface area contributed by atoms with Crippen LogP contribution in [-0.2, 0) is 4.79 Å². The van der Waals surface area contributed by atoms with Crippen molar-refractivity contribution in [2.45, 2.75) is 31.7 Å². The van der Waals surface area contributed by atoms with Crippen molar-refractivity contribution in [1.82, 2.24) is 0 Å². The fourth-order valence-electron chi connectivity index (χ4n) is 2.54. The summed E-state index contributed by atoms with van der Waals surface area (Å²) >= 11 is 0. The molecule has 1 saturated carbocycles. The zero-order valence-corrected chi connectivity index (χ0v) is 11.2. The maximum absolute atomic E-state index is 11.3. The molecule has 0 heterocycles. The average molecular weight is 273 g/mol. The van der Waals surface area contributed by atoms with E-state index in [2.05, 4.69) is 0 Å². The quantitative estimate of drug-likeness (QED) is 0.623. The molecule has 0 spiro atoms. The average Bonchev–Trinajstić information content (AvgIpc) is 2.46. The van der Waals surface area contributed by atoms with Gasteiger partial charge in [0.2, 0.25) is 0 Å². The van der Waals surface area contributed by atoms with Crippen LogP contribution in [0.25, 0.3) is 0 Å². The number of hydrogen-bond acceptors (Lipinski definition) is 5. The molecule has 0 aromatic heterocycles. The van der Waals surface area contributed by atoms with E-state index in [0.717, 1.165) is 0 Å². The van der Waals surface area contributed by atoms with Crippen LogP contribution < -0.4 is 4.90 Å². The largest absolute Gasteiger partial charge is 0.366 e. The number of Topliss-reactive ketones (excluding diaryl/α,β-unsaturated/α-hetero) is 1. The van der Waals surface area contributed by atoms with Crippen LogP contribution in [0.3, 0.4) is 0 Å². The smallest absolute Gasteiger partial charge is 0.292 e. The number of nitriles is 1. The van der Waals surface area contributed by atoms with Crippen molar-refractivity contribution in [2.75, 3.05) is 11.9 Å². The Morgan fingerprint density at radius 1 is 1.40 bits per heavy atom. The van der Waals surface area contributed by atoms with E-state index in [0.29, 0.717) is 36.9 Å². The van der Waals surface area contributed by atoms with Crippen molar-refractivity contribution in [1.29, 1.82) is 5.26 Å². The molecule has 0 bridgehead atoms. The molecule has 20 heavy (non-hydrogen) atoms.